The molecule has 1 saturated heterocycles. The Morgan fingerprint density at radius 1 is 1.35 bits per heavy atom. The van der Waals surface area contributed by atoms with Crippen molar-refractivity contribution >= 4 is 15.9 Å². The highest BCUT2D eigenvalue weighted by atomic mass is 79.9. The lowest BCUT2D eigenvalue weighted by molar-refractivity contribution is 0.260. The Balaban J connectivity index is 1.74. The van der Waals surface area contributed by atoms with E-state index in [0.29, 0.717) is 0 Å². The van der Waals surface area contributed by atoms with Crippen LogP contribution in [0.15, 0.2) is 28.7 Å². The van der Waals surface area contributed by atoms with Crippen LogP contribution < -0.4 is 5.32 Å². The molecule has 0 spiro atoms. The first-order valence-corrected chi connectivity index (χ1v) is 7.28. The van der Waals surface area contributed by atoms with Gasteiger partial charge in [0.1, 0.15) is 0 Å². The Kier molecular flexibility index (Phi) is 5.01. The van der Waals surface area contributed by atoms with E-state index in [0.717, 1.165) is 23.6 Å². The number of hydrogen-bond donors (Lipinski definition) is 1. The maximum absolute atomic E-state index is 3.57. The summed E-state index contributed by atoms with van der Waals surface area (Å²) in [6.07, 6.45) is 2.71. The van der Waals surface area contributed by atoms with E-state index in [4.69, 9.17) is 0 Å². The molecule has 0 saturated carbocycles. The molecule has 1 aliphatic rings. The highest BCUT2D eigenvalue weighted by Gasteiger charge is 2.21. The van der Waals surface area contributed by atoms with Gasteiger partial charge < -0.3 is 5.32 Å². The summed E-state index contributed by atoms with van der Waals surface area (Å²) in [4.78, 5) is 2.58. The van der Waals surface area contributed by atoms with Gasteiger partial charge in [0.25, 0.3) is 0 Å². The summed E-state index contributed by atoms with van der Waals surface area (Å²) in [5.74, 6) is 0. The molecule has 1 aromatic rings. The molecule has 3 heteroatoms. The van der Waals surface area contributed by atoms with Crippen molar-refractivity contribution in [3.05, 3.63) is 34.3 Å². The maximum atomic E-state index is 3.57. The summed E-state index contributed by atoms with van der Waals surface area (Å²) in [7, 11) is 0. The Hall–Kier alpha value is -0.380. The summed E-state index contributed by atoms with van der Waals surface area (Å²) in [6, 6.07) is 9.29. The summed E-state index contributed by atoms with van der Waals surface area (Å²) in [6.45, 7) is 6.81. The van der Waals surface area contributed by atoms with E-state index in [1.807, 2.05) is 0 Å². The van der Waals surface area contributed by atoms with Crippen molar-refractivity contribution in [3.8, 4) is 0 Å². The van der Waals surface area contributed by atoms with Gasteiger partial charge >= 0.3 is 0 Å². The maximum Gasteiger partial charge on any atom is 0.0221 e. The second-order valence-electron chi connectivity index (χ2n) is 4.68. The molecule has 0 radical (unpaired) electrons. The van der Waals surface area contributed by atoms with Gasteiger partial charge in [0.15, 0.2) is 0 Å². The lowest BCUT2D eigenvalue weighted by Crippen LogP contribution is -2.37. The molecule has 0 amide bonds. The van der Waals surface area contributed by atoms with Crippen LogP contribution in [0.5, 0.6) is 0 Å². The Morgan fingerprint density at radius 2 is 2.12 bits per heavy atom. The van der Waals surface area contributed by atoms with Gasteiger partial charge in [0.05, 0.1) is 0 Å². The highest BCUT2D eigenvalue weighted by Crippen LogP contribution is 2.16. The average Bonchev–Trinajstić information content (AvgIpc) is 2.79. The van der Waals surface area contributed by atoms with Crippen molar-refractivity contribution in [2.75, 3.05) is 19.6 Å². The zero-order chi connectivity index (χ0) is 12.1. The third-order valence-electron chi connectivity index (χ3n) is 3.53. The molecule has 17 heavy (non-hydrogen) atoms. The van der Waals surface area contributed by atoms with Crippen molar-refractivity contribution in [1.29, 1.82) is 0 Å². The van der Waals surface area contributed by atoms with E-state index in [9.17, 15) is 0 Å². The average molecular weight is 297 g/mol. The van der Waals surface area contributed by atoms with E-state index in [-0.39, 0.29) is 0 Å². The van der Waals surface area contributed by atoms with Crippen molar-refractivity contribution in [1.82, 2.24) is 10.2 Å². The van der Waals surface area contributed by atoms with Crippen molar-refractivity contribution in [2.45, 2.75) is 32.4 Å². The molecule has 1 aliphatic heterocycles. The van der Waals surface area contributed by atoms with Crippen LogP contribution in [-0.2, 0) is 6.54 Å². The number of benzene rings is 1. The predicted molar refractivity (Wildman–Crippen MR) is 76.1 cm³/mol. The van der Waals surface area contributed by atoms with E-state index >= 15 is 0 Å². The van der Waals surface area contributed by atoms with Gasteiger partial charge in [0.2, 0.25) is 0 Å². The summed E-state index contributed by atoms with van der Waals surface area (Å²) in [5.41, 5.74) is 1.36. The third-order valence-corrected chi connectivity index (χ3v) is 4.06. The fourth-order valence-corrected chi connectivity index (χ4v) is 2.79. The monoisotopic (exact) mass is 296 g/mol. The minimum Gasteiger partial charge on any atom is -0.311 e. The molecule has 0 unspecified atom stereocenters. The van der Waals surface area contributed by atoms with Crippen LogP contribution in [0, 0.1) is 0 Å². The minimum absolute atomic E-state index is 0.746. The summed E-state index contributed by atoms with van der Waals surface area (Å²) in [5, 5.41) is 3.57. The zero-order valence-corrected chi connectivity index (χ0v) is 12.0. The van der Waals surface area contributed by atoms with Gasteiger partial charge in [-0.3, -0.25) is 4.90 Å². The van der Waals surface area contributed by atoms with Crippen LogP contribution in [0.1, 0.15) is 25.3 Å². The molecule has 0 aromatic heterocycles. The molecular formula is C14H21BrN2. The van der Waals surface area contributed by atoms with Gasteiger partial charge in [-0.25, -0.2) is 0 Å². The molecule has 1 N–H and O–H groups in total. The third kappa shape index (κ3) is 3.80. The lowest BCUT2D eigenvalue weighted by Gasteiger charge is -2.23. The first-order chi connectivity index (χ1) is 8.29. The number of likely N-dealkylation sites (N-methyl/N-ethyl adjacent to an activating group) is 1. The highest BCUT2D eigenvalue weighted by molar-refractivity contribution is 9.10. The second-order valence-corrected chi connectivity index (χ2v) is 5.60. The minimum atomic E-state index is 0.746. The summed E-state index contributed by atoms with van der Waals surface area (Å²) < 4.78 is 1.15. The molecule has 2 rings (SSSR count). The molecule has 1 fully saturated rings. The molecule has 1 heterocycles. The number of nitrogens with one attached hydrogen (secondary N) is 1. The molecule has 0 bridgehead atoms. The van der Waals surface area contributed by atoms with Crippen molar-refractivity contribution < 1.29 is 0 Å². The molecule has 1 atom stereocenters. The molecular weight excluding hydrogens is 276 g/mol. The van der Waals surface area contributed by atoms with Crippen molar-refractivity contribution in [2.24, 2.45) is 0 Å². The van der Waals surface area contributed by atoms with Crippen LogP contribution in [0.4, 0.5) is 0 Å². The number of halogens is 1. The molecule has 94 valence electrons. The first-order valence-electron chi connectivity index (χ1n) is 6.49. The van der Waals surface area contributed by atoms with Crippen LogP contribution in [0.3, 0.4) is 0 Å². The van der Waals surface area contributed by atoms with E-state index < -0.39 is 0 Å². The van der Waals surface area contributed by atoms with Gasteiger partial charge in [-0.1, -0.05) is 35.0 Å². The van der Waals surface area contributed by atoms with E-state index in [2.05, 4.69) is 57.3 Å². The molecule has 0 aliphatic carbocycles. The Morgan fingerprint density at radius 3 is 2.82 bits per heavy atom. The normalized spacial score (nSPS) is 20.9. The van der Waals surface area contributed by atoms with Crippen LogP contribution in [0.2, 0.25) is 0 Å². The quantitative estimate of drug-likeness (QED) is 0.898. The zero-order valence-electron chi connectivity index (χ0n) is 10.5. The number of likely N-dealkylation sites (tertiary alicyclic amines) is 1. The van der Waals surface area contributed by atoms with Crippen LogP contribution in [0.25, 0.3) is 0 Å². The standard InChI is InChI=1S/C14H21BrN2/c1-2-17-9-3-4-14(17)11-16-10-12-5-7-13(15)8-6-12/h5-8,14,16H,2-4,9-11H2,1H3/t14-/m1/s1. The SMILES string of the molecule is CCN1CCC[C@@H]1CNCc1ccc(Br)cc1. The molecule has 1 aromatic carbocycles. The molecule has 2 nitrogen and oxygen atoms in total. The fourth-order valence-electron chi connectivity index (χ4n) is 2.53. The van der Waals surface area contributed by atoms with Gasteiger partial charge in [-0.2, -0.15) is 0 Å². The summed E-state index contributed by atoms with van der Waals surface area (Å²) >= 11 is 3.46. The number of nitrogens with zero attached hydrogens (tertiary/aromatic N) is 1. The van der Waals surface area contributed by atoms with Gasteiger partial charge in [0, 0.05) is 23.6 Å². The largest absolute Gasteiger partial charge is 0.311 e. The first kappa shape index (κ1) is 13.1. The van der Waals surface area contributed by atoms with Gasteiger partial charge in [-0.05, 0) is 43.6 Å². The van der Waals surface area contributed by atoms with E-state index in [1.54, 1.807) is 0 Å². The topological polar surface area (TPSA) is 15.3 Å². The lowest BCUT2D eigenvalue weighted by atomic mass is 10.2. The van der Waals surface area contributed by atoms with Crippen LogP contribution >= 0.6 is 15.9 Å². The fraction of sp³-hybridized carbons (Fsp3) is 0.571. The Bertz CT molecular complexity index is 337. The van der Waals surface area contributed by atoms with Crippen LogP contribution in [-0.4, -0.2) is 30.6 Å². The second kappa shape index (κ2) is 6.53. The smallest absolute Gasteiger partial charge is 0.0221 e. The van der Waals surface area contributed by atoms with Gasteiger partial charge in [-0.15, -0.1) is 0 Å². The predicted octanol–water partition coefficient (Wildman–Crippen LogP) is 3.02. The van der Waals surface area contributed by atoms with Crippen molar-refractivity contribution in [3.63, 3.8) is 0 Å². The van der Waals surface area contributed by atoms with E-state index in [1.165, 1.54) is 31.5 Å². The number of hydrogen-bond acceptors (Lipinski definition) is 2. The number of rotatable bonds is 5. The Labute approximate surface area is 113 Å².